The minimum atomic E-state index is -0.517. The van der Waals surface area contributed by atoms with E-state index in [1.165, 1.54) is 18.2 Å². The summed E-state index contributed by atoms with van der Waals surface area (Å²) < 4.78 is 5.65. The van der Waals surface area contributed by atoms with Crippen LogP contribution in [-0.4, -0.2) is 44.0 Å². The lowest BCUT2D eigenvalue weighted by atomic mass is 10.1. The summed E-state index contributed by atoms with van der Waals surface area (Å²) in [5, 5.41) is 10.3. The van der Waals surface area contributed by atoms with Crippen LogP contribution in [0.1, 0.15) is 10.4 Å². The molecule has 0 radical (unpaired) electrons. The van der Waals surface area contributed by atoms with Gasteiger partial charge in [-0.1, -0.05) is 53.5 Å². The summed E-state index contributed by atoms with van der Waals surface area (Å²) in [5.74, 6) is -0.682. The van der Waals surface area contributed by atoms with Crippen LogP contribution >= 0.6 is 23.2 Å². The van der Waals surface area contributed by atoms with Crippen molar-refractivity contribution in [1.29, 1.82) is 0 Å². The number of hydrogen-bond donors (Lipinski definition) is 3. The van der Waals surface area contributed by atoms with Crippen LogP contribution < -0.4 is 20.7 Å². The number of carbonyl (C=O) groups is 3. The predicted octanol–water partition coefficient (Wildman–Crippen LogP) is 3.19. The van der Waals surface area contributed by atoms with Crippen LogP contribution in [0, 0.1) is 0 Å². The summed E-state index contributed by atoms with van der Waals surface area (Å²) in [4.78, 5) is 35.8. The molecule has 0 aliphatic heterocycles. The third kappa shape index (κ3) is 6.87. The van der Waals surface area contributed by atoms with E-state index in [4.69, 9.17) is 27.9 Å². The first-order valence-corrected chi connectivity index (χ1v) is 10.6. The monoisotopic (exact) mass is 473 g/mol. The van der Waals surface area contributed by atoms with E-state index in [1.807, 2.05) is 42.5 Å². The van der Waals surface area contributed by atoms with Crippen LogP contribution in [0.15, 0.2) is 60.7 Å². The Morgan fingerprint density at radius 1 is 0.781 bits per heavy atom. The fraction of sp³-hybridized carbons (Fsp3) is 0.174. The first-order chi connectivity index (χ1) is 15.4. The van der Waals surface area contributed by atoms with Gasteiger partial charge in [-0.25, -0.2) is 0 Å². The van der Waals surface area contributed by atoms with Gasteiger partial charge in [0, 0.05) is 5.02 Å². The zero-order valence-corrected chi connectivity index (χ0v) is 18.5. The van der Waals surface area contributed by atoms with E-state index >= 15 is 0 Å². The van der Waals surface area contributed by atoms with Crippen molar-refractivity contribution in [1.82, 2.24) is 16.0 Å². The van der Waals surface area contributed by atoms with E-state index in [1.54, 1.807) is 0 Å². The molecule has 3 aromatic rings. The number of amides is 3. The van der Waals surface area contributed by atoms with Crippen LogP contribution in [-0.2, 0) is 9.59 Å². The van der Waals surface area contributed by atoms with E-state index in [9.17, 15) is 14.4 Å². The van der Waals surface area contributed by atoms with Crippen molar-refractivity contribution in [3.63, 3.8) is 0 Å². The van der Waals surface area contributed by atoms with Crippen molar-refractivity contribution in [2.24, 2.45) is 0 Å². The van der Waals surface area contributed by atoms with Crippen LogP contribution in [0.25, 0.3) is 10.8 Å². The Hall–Kier alpha value is -3.29. The van der Waals surface area contributed by atoms with Gasteiger partial charge < -0.3 is 20.7 Å². The number of halogens is 2. The minimum absolute atomic E-state index is 0.181. The van der Waals surface area contributed by atoms with Crippen LogP contribution in [0.3, 0.4) is 0 Å². The molecule has 166 valence electrons. The quantitative estimate of drug-likeness (QED) is 0.415. The summed E-state index contributed by atoms with van der Waals surface area (Å²) in [6.45, 7) is 0.0613. The lowest BCUT2D eigenvalue weighted by molar-refractivity contribution is -0.125. The molecule has 0 spiro atoms. The zero-order valence-electron chi connectivity index (χ0n) is 17.0. The second kappa shape index (κ2) is 11.4. The predicted molar refractivity (Wildman–Crippen MR) is 124 cm³/mol. The molecule has 0 saturated heterocycles. The molecule has 0 atom stereocenters. The number of carbonyl (C=O) groups excluding carboxylic acids is 3. The van der Waals surface area contributed by atoms with E-state index in [0.717, 1.165) is 10.8 Å². The molecular weight excluding hydrogens is 453 g/mol. The fourth-order valence-electron chi connectivity index (χ4n) is 2.85. The molecule has 3 N–H and O–H groups in total. The summed E-state index contributed by atoms with van der Waals surface area (Å²) in [5.41, 5.74) is 0.202. The molecule has 3 aromatic carbocycles. The Bertz CT molecular complexity index is 1140. The van der Waals surface area contributed by atoms with E-state index in [-0.39, 0.29) is 42.7 Å². The molecule has 0 aromatic heterocycles. The normalized spacial score (nSPS) is 10.4. The van der Waals surface area contributed by atoms with Gasteiger partial charge in [0.05, 0.1) is 30.2 Å². The van der Waals surface area contributed by atoms with Crippen molar-refractivity contribution in [3.8, 4) is 5.75 Å². The first kappa shape index (κ1) is 23.4. The Morgan fingerprint density at radius 2 is 1.50 bits per heavy atom. The third-order valence-corrected chi connectivity index (χ3v) is 4.99. The summed E-state index contributed by atoms with van der Waals surface area (Å²) in [6.07, 6.45) is 0. The van der Waals surface area contributed by atoms with Gasteiger partial charge in [-0.3, -0.25) is 14.4 Å². The van der Waals surface area contributed by atoms with Gasteiger partial charge in [0.15, 0.2) is 0 Å². The van der Waals surface area contributed by atoms with Crippen molar-refractivity contribution >= 4 is 51.7 Å². The largest absolute Gasteiger partial charge is 0.492 e. The number of hydrogen-bond acceptors (Lipinski definition) is 4. The van der Waals surface area contributed by atoms with Crippen LogP contribution in [0.4, 0.5) is 0 Å². The highest BCUT2D eigenvalue weighted by molar-refractivity contribution is 6.36. The molecule has 0 bridgehead atoms. The number of benzene rings is 3. The molecule has 0 aliphatic rings. The number of nitrogens with one attached hydrogen (secondary N) is 3. The Labute approximate surface area is 195 Å². The van der Waals surface area contributed by atoms with Crippen LogP contribution in [0.5, 0.6) is 5.75 Å². The summed E-state index contributed by atoms with van der Waals surface area (Å²) in [7, 11) is 0. The molecule has 3 amide bonds. The van der Waals surface area contributed by atoms with E-state index < -0.39 is 11.8 Å². The summed E-state index contributed by atoms with van der Waals surface area (Å²) in [6, 6.07) is 18.1. The zero-order chi connectivity index (χ0) is 22.9. The topological polar surface area (TPSA) is 96.5 Å². The average Bonchev–Trinajstić information content (AvgIpc) is 2.78. The van der Waals surface area contributed by atoms with Crippen LogP contribution in [0.2, 0.25) is 10.0 Å². The van der Waals surface area contributed by atoms with Gasteiger partial charge in [-0.15, -0.1) is 0 Å². The van der Waals surface area contributed by atoms with Gasteiger partial charge >= 0.3 is 0 Å². The lowest BCUT2D eigenvalue weighted by Crippen LogP contribution is -2.42. The Balaban J connectivity index is 1.31. The van der Waals surface area contributed by atoms with Crippen molar-refractivity contribution in [2.45, 2.75) is 0 Å². The molecule has 0 aliphatic carbocycles. The molecule has 0 unspecified atom stereocenters. The van der Waals surface area contributed by atoms with Gasteiger partial charge in [0.2, 0.25) is 11.8 Å². The molecule has 0 heterocycles. The van der Waals surface area contributed by atoms with E-state index in [0.29, 0.717) is 10.8 Å². The molecule has 0 fully saturated rings. The maximum absolute atomic E-state index is 12.1. The van der Waals surface area contributed by atoms with Crippen molar-refractivity contribution in [3.05, 3.63) is 76.3 Å². The molecule has 9 heteroatoms. The molecule has 0 saturated carbocycles. The maximum atomic E-state index is 12.1. The number of fused-ring (bicyclic) bond motifs is 1. The lowest BCUT2D eigenvalue weighted by Gasteiger charge is -2.10. The minimum Gasteiger partial charge on any atom is -0.492 e. The number of rotatable bonds is 9. The smallest absolute Gasteiger partial charge is 0.253 e. The Morgan fingerprint density at radius 3 is 2.28 bits per heavy atom. The molecule has 7 nitrogen and oxygen atoms in total. The molecule has 3 rings (SSSR count). The second-order valence-electron chi connectivity index (χ2n) is 6.79. The highest BCUT2D eigenvalue weighted by Gasteiger charge is 2.12. The third-order valence-electron chi connectivity index (χ3n) is 4.45. The van der Waals surface area contributed by atoms with Crippen molar-refractivity contribution < 1.29 is 19.1 Å². The maximum Gasteiger partial charge on any atom is 0.253 e. The van der Waals surface area contributed by atoms with E-state index in [2.05, 4.69) is 16.0 Å². The average molecular weight is 474 g/mol. The van der Waals surface area contributed by atoms with Gasteiger partial charge in [0.25, 0.3) is 5.91 Å². The van der Waals surface area contributed by atoms with Gasteiger partial charge in [0.1, 0.15) is 12.4 Å². The molecular formula is C23H21Cl2N3O4. The SMILES string of the molecule is O=C(CNC(=O)CNC(=O)c1ccc(Cl)cc1Cl)NCCOc1ccc2ccccc2c1. The first-order valence-electron chi connectivity index (χ1n) is 9.80. The van der Waals surface area contributed by atoms with Gasteiger partial charge in [-0.2, -0.15) is 0 Å². The summed E-state index contributed by atoms with van der Waals surface area (Å²) >= 11 is 11.8. The highest BCUT2D eigenvalue weighted by atomic mass is 35.5. The standard InChI is InChI=1S/C23H21Cl2N3O4/c24-17-6-8-19(20(25)12-17)23(31)28-14-22(30)27-13-21(29)26-9-10-32-18-7-5-15-3-1-2-4-16(15)11-18/h1-8,11-12H,9-10,13-14H2,(H,26,29)(H,27,30)(H,28,31). The van der Waals surface area contributed by atoms with Gasteiger partial charge in [-0.05, 0) is 41.1 Å². The fourth-order valence-corrected chi connectivity index (χ4v) is 3.34. The Kier molecular flexibility index (Phi) is 8.30. The molecule has 32 heavy (non-hydrogen) atoms. The number of ether oxygens (including phenoxy) is 1. The second-order valence-corrected chi connectivity index (χ2v) is 7.63. The van der Waals surface area contributed by atoms with Crippen molar-refractivity contribution in [2.75, 3.05) is 26.2 Å². The highest BCUT2D eigenvalue weighted by Crippen LogP contribution is 2.21.